The molecule has 0 saturated carbocycles. The number of sulfonamides is 1. The maximum Gasteiger partial charge on any atom is 0.271 e. The number of rotatable bonds is 11. The van der Waals surface area contributed by atoms with Gasteiger partial charge in [-0.3, -0.25) is 19.3 Å². The lowest BCUT2D eigenvalue weighted by molar-refractivity contribution is -0.131. The molecule has 4 aromatic rings. The number of methoxy groups -OCH3 is 1. The van der Waals surface area contributed by atoms with Crippen LogP contribution in [-0.4, -0.2) is 44.3 Å². The number of amides is 2. The van der Waals surface area contributed by atoms with Gasteiger partial charge in [0.25, 0.3) is 10.0 Å². The van der Waals surface area contributed by atoms with E-state index in [9.17, 15) is 18.0 Å². The first-order chi connectivity index (χ1) is 21.1. The molecule has 2 aromatic carbocycles. The zero-order valence-corrected chi connectivity index (χ0v) is 26.6. The van der Waals surface area contributed by atoms with Crippen LogP contribution in [0.3, 0.4) is 0 Å². The van der Waals surface area contributed by atoms with E-state index in [0.717, 1.165) is 53.0 Å². The molecule has 11 heteroatoms. The van der Waals surface area contributed by atoms with Crippen molar-refractivity contribution in [1.82, 2.24) is 9.88 Å². The van der Waals surface area contributed by atoms with E-state index in [1.807, 2.05) is 50.4 Å². The van der Waals surface area contributed by atoms with Gasteiger partial charge < -0.3 is 15.0 Å². The smallest absolute Gasteiger partial charge is 0.271 e. The fourth-order valence-electron chi connectivity index (χ4n) is 5.53. The summed E-state index contributed by atoms with van der Waals surface area (Å²) in [7, 11) is -0.497. The Morgan fingerprint density at radius 1 is 1.09 bits per heavy atom. The van der Waals surface area contributed by atoms with Crippen molar-refractivity contribution < 1.29 is 22.7 Å². The molecular weight excluding hydrogens is 597 g/mol. The number of hydrogen-bond donors (Lipinski definition) is 2. The highest BCUT2D eigenvalue weighted by molar-refractivity contribution is 7.94. The van der Waals surface area contributed by atoms with Crippen molar-refractivity contribution >= 4 is 44.5 Å². The Kier molecular flexibility index (Phi) is 9.65. The van der Waals surface area contributed by atoms with Gasteiger partial charge in [-0.2, -0.15) is 0 Å². The zero-order valence-electron chi connectivity index (χ0n) is 25.0. The Morgan fingerprint density at radius 2 is 1.93 bits per heavy atom. The lowest BCUT2D eigenvalue weighted by atomic mass is 9.86. The molecule has 1 aliphatic carbocycles. The number of anilines is 2. The summed E-state index contributed by atoms with van der Waals surface area (Å²) in [6.07, 6.45) is 4.88. The van der Waals surface area contributed by atoms with E-state index in [2.05, 4.69) is 15.0 Å². The number of nitrogens with one attached hydrogen (secondary N) is 2. The fraction of sp³-hybridized carbons (Fsp3) is 0.303. The minimum Gasteiger partial charge on any atom is -0.497 e. The molecule has 1 atom stereocenters. The minimum atomic E-state index is -3.90. The molecule has 0 bridgehead atoms. The Labute approximate surface area is 262 Å². The molecule has 2 aromatic heterocycles. The number of aromatic nitrogens is 1. The summed E-state index contributed by atoms with van der Waals surface area (Å²) in [6.45, 7) is 1.84. The van der Waals surface area contributed by atoms with E-state index >= 15 is 0 Å². The van der Waals surface area contributed by atoms with Crippen molar-refractivity contribution in [2.75, 3.05) is 24.2 Å². The third-order valence-electron chi connectivity index (χ3n) is 7.78. The highest BCUT2D eigenvalue weighted by Crippen LogP contribution is 2.36. The number of benzene rings is 2. The summed E-state index contributed by atoms with van der Waals surface area (Å²) in [6, 6.07) is 18.1. The van der Waals surface area contributed by atoms with Crippen LogP contribution in [0.4, 0.5) is 11.4 Å². The van der Waals surface area contributed by atoms with Crippen LogP contribution in [0.25, 0.3) is 0 Å². The van der Waals surface area contributed by atoms with Crippen molar-refractivity contribution in [3.05, 3.63) is 100 Å². The van der Waals surface area contributed by atoms with Gasteiger partial charge in [0.1, 0.15) is 9.96 Å². The summed E-state index contributed by atoms with van der Waals surface area (Å²) >= 11 is 1.12. The quantitative estimate of drug-likeness (QED) is 0.212. The number of carbonyl (C=O) groups excluding carboxylic acids is 2. The maximum absolute atomic E-state index is 13.5. The molecule has 1 unspecified atom stereocenters. The number of nitrogens with zero attached hydrogens (tertiary/aromatic N) is 2. The zero-order chi connectivity index (χ0) is 31.3. The number of carbonyl (C=O) groups is 2. The van der Waals surface area contributed by atoms with Crippen molar-refractivity contribution in [2.24, 2.45) is 0 Å². The third-order valence-corrected chi connectivity index (χ3v) is 10.7. The highest BCUT2D eigenvalue weighted by atomic mass is 32.2. The maximum atomic E-state index is 13.5. The molecule has 44 heavy (non-hydrogen) atoms. The average Bonchev–Trinajstić information content (AvgIpc) is 3.49. The molecule has 1 aliphatic rings. The van der Waals surface area contributed by atoms with Crippen LogP contribution < -0.4 is 14.8 Å². The highest BCUT2D eigenvalue weighted by Gasteiger charge is 2.28. The second-order valence-electron chi connectivity index (χ2n) is 10.9. The largest absolute Gasteiger partial charge is 0.497 e. The average molecular weight is 633 g/mol. The van der Waals surface area contributed by atoms with E-state index in [1.54, 1.807) is 47.9 Å². The van der Waals surface area contributed by atoms with Crippen LogP contribution in [0.1, 0.15) is 53.3 Å². The minimum absolute atomic E-state index is 0.0200. The first-order valence-electron chi connectivity index (χ1n) is 14.5. The van der Waals surface area contributed by atoms with Crippen LogP contribution in [0.2, 0.25) is 0 Å². The van der Waals surface area contributed by atoms with Crippen molar-refractivity contribution in [3.8, 4) is 5.75 Å². The number of ether oxygens (including phenoxy) is 1. The molecule has 0 aliphatic heterocycles. The number of thiophene rings is 1. The van der Waals surface area contributed by atoms with E-state index in [1.165, 1.54) is 0 Å². The van der Waals surface area contributed by atoms with Crippen molar-refractivity contribution in [2.45, 2.75) is 55.7 Å². The SMILES string of the molecule is COc1cccc(CC(=O)N(C)C2CCCc3ccc(NS(=O)(=O)c4sccc4CCC(=O)Nc4ccnc(C)c4)cc32)c1. The van der Waals surface area contributed by atoms with Crippen LogP contribution >= 0.6 is 11.3 Å². The van der Waals surface area contributed by atoms with Gasteiger partial charge in [-0.25, -0.2) is 8.42 Å². The topological polar surface area (TPSA) is 118 Å². The molecular formula is C33H36N4O5S2. The second kappa shape index (κ2) is 13.6. The Bertz CT molecular complexity index is 1770. The normalized spacial score (nSPS) is 14.4. The molecule has 230 valence electrons. The molecule has 0 fully saturated rings. The van der Waals surface area contributed by atoms with Crippen LogP contribution in [0, 0.1) is 6.92 Å². The van der Waals surface area contributed by atoms with Gasteiger partial charge >= 0.3 is 0 Å². The molecule has 5 rings (SSSR count). The second-order valence-corrected chi connectivity index (χ2v) is 13.7. The molecule has 0 radical (unpaired) electrons. The van der Waals surface area contributed by atoms with Crippen LogP contribution in [-0.2, 0) is 38.9 Å². The first-order valence-corrected chi connectivity index (χ1v) is 16.8. The Balaban J connectivity index is 1.27. The predicted octanol–water partition coefficient (Wildman–Crippen LogP) is 5.91. The van der Waals surface area contributed by atoms with Gasteiger partial charge in [0.15, 0.2) is 0 Å². The predicted molar refractivity (Wildman–Crippen MR) is 173 cm³/mol. The van der Waals surface area contributed by atoms with Gasteiger partial charge in [-0.15, -0.1) is 11.3 Å². The lowest BCUT2D eigenvalue weighted by Crippen LogP contribution is -2.34. The van der Waals surface area contributed by atoms with Gasteiger partial charge in [-0.1, -0.05) is 18.2 Å². The molecule has 2 N–H and O–H groups in total. The number of pyridine rings is 1. The Morgan fingerprint density at radius 3 is 2.73 bits per heavy atom. The molecule has 2 amide bonds. The molecule has 0 spiro atoms. The molecule has 9 nitrogen and oxygen atoms in total. The fourth-order valence-corrected chi connectivity index (χ4v) is 8.06. The standard InChI is InChI=1S/C33H36N4O5S2/c1-22-18-26(14-16-34-22)35-31(38)13-11-25-15-17-43-33(25)44(40,41)36-27-12-10-24-7-5-9-30(29(24)21-27)37(2)32(39)20-23-6-4-8-28(19-23)42-3/h4,6,8,10,12,14-19,21,30,36H,5,7,9,11,13,20H2,1-3H3,(H,34,35,38). The third kappa shape index (κ3) is 7.46. The lowest BCUT2D eigenvalue weighted by Gasteiger charge is -2.34. The monoisotopic (exact) mass is 632 g/mol. The van der Waals surface area contributed by atoms with Crippen LogP contribution in [0.5, 0.6) is 5.75 Å². The van der Waals surface area contributed by atoms with Crippen molar-refractivity contribution in [1.29, 1.82) is 0 Å². The van der Waals surface area contributed by atoms with E-state index in [4.69, 9.17) is 4.74 Å². The van der Waals surface area contributed by atoms with Gasteiger partial charge in [0.2, 0.25) is 11.8 Å². The van der Waals surface area contributed by atoms with Gasteiger partial charge in [-0.05, 0) is 103 Å². The molecule has 2 heterocycles. The van der Waals surface area contributed by atoms with Gasteiger partial charge in [0.05, 0.1) is 19.6 Å². The molecule has 0 saturated heterocycles. The Hall–Kier alpha value is -4.22. The number of fused-ring (bicyclic) bond motifs is 1. The van der Waals surface area contributed by atoms with Gasteiger partial charge in [0, 0.05) is 36.7 Å². The summed E-state index contributed by atoms with van der Waals surface area (Å²) < 4.78 is 35.3. The number of likely N-dealkylation sites (N-methyl/N-ethyl adjacent to an activating group) is 1. The van der Waals surface area contributed by atoms with E-state index in [-0.39, 0.29) is 41.3 Å². The van der Waals surface area contributed by atoms with Crippen LogP contribution in [0.15, 0.2) is 76.4 Å². The van der Waals surface area contributed by atoms with E-state index in [0.29, 0.717) is 22.7 Å². The van der Waals surface area contributed by atoms with Crippen molar-refractivity contribution in [3.63, 3.8) is 0 Å². The summed E-state index contributed by atoms with van der Waals surface area (Å²) in [5.74, 6) is 0.479. The summed E-state index contributed by atoms with van der Waals surface area (Å²) in [5.41, 5.74) is 5.40. The first kappa shape index (κ1) is 31.2. The number of hydrogen-bond acceptors (Lipinski definition) is 7. The number of aryl methyl sites for hydroxylation is 3. The summed E-state index contributed by atoms with van der Waals surface area (Å²) in [5, 5.41) is 4.56. The van der Waals surface area contributed by atoms with E-state index < -0.39 is 10.0 Å². The summed E-state index contributed by atoms with van der Waals surface area (Å²) in [4.78, 5) is 31.7.